The number of aromatic amines is 1. The first-order valence-corrected chi connectivity index (χ1v) is 10.9. The Morgan fingerprint density at radius 2 is 2.12 bits per heavy atom. The maximum Gasteiger partial charge on any atom is 0.242 e. The van der Waals surface area contributed by atoms with Gasteiger partial charge in [0.25, 0.3) is 0 Å². The van der Waals surface area contributed by atoms with Crippen LogP contribution in [-0.2, 0) is 22.5 Å². The molecule has 0 bridgehead atoms. The molecule has 1 aliphatic rings. The number of hydrogen-bond donors (Lipinski definition) is 1. The minimum Gasteiger partial charge on any atom is -0.493 e. The summed E-state index contributed by atoms with van der Waals surface area (Å²) in [4.78, 5) is 19.1. The number of hydrogen-bond acceptors (Lipinski definition) is 5. The number of ether oxygens (including phenoxy) is 2. The lowest BCUT2D eigenvalue weighted by atomic mass is 10.2. The smallest absolute Gasteiger partial charge is 0.242 e. The van der Waals surface area contributed by atoms with Gasteiger partial charge in [-0.05, 0) is 30.3 Å². The normalized spacial score (nSPS) is 16.3. The lowest BCUT2D eigenvalue weighted by Gasteiger charge is -2.32. The molecule has 1 amide bonds. The summed E-state index contributed by atoms with van der Waals surface area (Å²) in [5.41, 5.74) is 3.45. The quantitative estimate of drug-likeness (QED) is 0.469. The molecule has 3 heterocycles. The summed E-state index contributed by atoms with van der Waals surface area (Å²) in [7, 11) is 0. The number of rotatable bonds is 7. The Kier molecular flexibility index (Phi) is 6.03. The van der Waals surface area contributed by atoms with E-state index < -0.39 is 0 Å². The van der Waals surface area contributed by atoms with Crippen LogP contribution in [0.1, 0.15) is 17.5 Å². The van der Waals surface area contributed by atoms with E-state index in [-0.39, 0.29) is 24.4 Å². The molecule has 0 aliphatic carbocycles. The van der Waals surface area contributed by atoms with Crippen molar-refractivity contribution in [1.29, 1.82) is 0 Å². The molecule has 2 aromatic heterocycles. The first-order chi connectivity index (χ1) is 16.2. The highest BCUT2D eigenvalue weighted by molar-refractivity contribution is 5.80. The van der Waals surface area contributed by atoms with Crippen molar-refractivity contribution < 1.29 is 18.7 Å². The lowest BCUT2D eigenvalue weighted by Crippen LogP contribution is -2.43. The monoisotopic (exact) mass is 449 g/mol. The molecule has 1 aliphatic heterocycles. The van der Waals surface area contributed by atoms with Crippen LogP contribution in [0.25, 0.3) is 11.0 Å². The second-order valence-corrected chi connectivity index (χ2v) is 7.93. The number of fused-ring (bicyclic) bond motifs is 1. The van der Waals surface area contributed by atoms with E-state index in [9.17, 15) is 9.18 Å². The van der Waals surface area contributed by atoms with E-state index >= 15 is 0 Å². The molecule has 1 fully saturated rings. The number of morpholine rings is 1. The summed E-state index contributed by atoms with van der Waals surface area (Å²) in [6.07, 6.45) is 2.00. The molecular weight excluding hydrogens is 425 g/mol. The van der Waals surface area contributed by atoms with Crippen LogP contribution in [0.3, 0.4) is 0 Å². The van der Waals surface area contributed by atoms with Crippen molar-refractivity contribution in [3.05, 3.63) is 78.1 Å². The number of H-pyrrole nitrogens is 1. The molecule has 9 heteroatoms. The average Bonchev–Trinajstić information content (AvgIpc) is 3.47. The van der Waals surface area contributed by atoms with Gasteiger partial charge < -0.3 is 18.9 Å². The molecule has 0 unspecified atom stereocenters. The zero-order chi connectivity index (χ0) is 22.6. The second kappa shape index (κ2) is 9.41. The van der Waals surface area contributed by atoms with Crippen molar-refractivity contribution >= 4 is 16.9 Å². The highest BCUT2D eigenvalue weighted by Gasteiger charge is 2.27. The van der Waals surface area contributed by atoms with E-state index in [1.165, 1.54) is 12.1 Å². The van der Waals surface area contributed by atoms with Crippen molar-refractivity contribution in [3.8, 4) is 5.75 Å². The summed E-state index contributed by atoms with van der Waals surface area (Å²) in [5.74, 6) is 0.182. The molecule has 0 radical (unpaired) electrons. The summed E-state index contributed by atoms with van der Waals surface area (Å²) in [6.45, 7) is 2.05. The topological polar surface area (TPSA) is 85.3 Å². The van der Waals surface area contributed by atoms with Crippen molar-refractivity contribution in [3.63, 3.8) is 0 Å². The van der Waals surface area contributed by atoms with Gasteiger partial charge in [0.1, 0.15) is 24.2 Å². The second-order valence-electron chi connectivity index (χ2n) is 7.93. The Morgan fingerprint density at radius 3 is 3.03 bits per heavy atom. The van der Waals surface area contributed by atoms with E-state index in [0.29, 0.717) is 38.5 Å². The molecule has 33 heavy (non-hydrogen) atoms. The molecule has 5 rings (SSSR count). The minimum absolute atomic E-state index is 0.0192. The van der Waals surface area contributed by atoms with Gasteiger partial charge in [0, 0.05) is 24.7 Å². The number of aromatic nitrogens is 4. The fourth-order valence-corrected chi connectivity index (χ4v) is 3.94. The SMILES string of the molecule is O=C(Cn1cnc2ccccc21)N1CCO[C@@H](c2cc(CCOc3cccc(F)c3)[nH]n2)C1. The molecule has 4 aromatic rings. The standard InChI is InChI=1S/C24H24FN5O3/c25-17-4-3-5-19(12-17)32-10-8-18-13-21(28-27-18)23-14-29(9-11-33-23)24(31)15-30-16-26-20-6-1-2-7-22(20)30/h1-7,12-13,16,23H,8-11,14-15H2,(H,27,28)/t23-/m1/s1. The van der Waals surface area contributed by atoms with E-state index in [0.717, 1.165) is 22.4 Å². The lowest BCUT2D eigenvalue weighted by molar-refractivity contribution is -0.139. The van der Waals surface area contributed by atoms with Crippen LogP contribution >= 0.6 is 0 Å². The summed E-state index contributed by atoms with van der Waals surface area (Å²) in [6, 6.07) is 15.7. The van der Waals surface area contributed by atoms with Crippen LogP contribution in [-0.4, -0.2) is 56.9 Å². The Labute approximate surface area is 189 Å². The van der Waals surface area contributed by atoms with Gasteiger partial charge in [-0.3, -0.25) is 9.89 Å². The Hall–Kier alpha value is -3.72. The Morgan fingerprint density at radius 1 is 1.21 bits per heavy atom. The third-order valence-electron chi connectivity index (χ3n) is 5.67. The maximum atomic E-state index is 13.2. The number of carbonyl (C=O) groups excluding carboxylic acids is 1. The number of nitrogens with one attached hydrogen (secondary N) is 1. The highest BCUT2D eigenvalue weighted by Crippen LogP contribution is 2.22. The van der Waals surface area contributed by atoms with E-state index in [1.807, 2.05) is 39.8 Å². The van der Waals surface area contributed by atoms with Gasteiger partial charge >= 0.3 is 0 Å². The van der Waals surface area contributed by atoms with Crippen LogP contribution in [0.15, 0.2) is 60.9 Å². The molecule has 1 N–H and O–H groups in total. The fraction of sp³-hybridized carbons (Fsp3) is 0.292. The van der Waals surface area contributed by atoms with Gasteiger partial charge in [-0.1, -0.05) is 18.2 Å². The van der Waals surface area contributed by atoms with Crippen LogP contribution in [0.4, 0.5) is 4.39 Å². The molecule has 0 spiro atoms. The molecule has 1 saturated heterocycles. The number of benzene rings is 2. The third kappa shape index (κ3) is 4.88. The van der Waals surface area contributed by atoms with Crippen molar-refractivity contribution in [2.75, 3.05) is 26.3 Å². The number of halogens is 1. The molecular formula is C24H24FN5O3. The molecule has 8 nitrogen and oxygen atoms in total. The molecule has 170 valence electrons. The van der Waals surface area contributed by atoms with Gasteiger partial charge in [0.2, 0.25) is 5.91 Å². The first kappa shape index (κ1) is 21.1. The van der Waals surface area contributed by atoms with Gasteiger partial charge in [-0.2, -0.15) is 5.10 Å². The van der Waals surface area contributed by atoms with Crippen molar-refractivity contribution in [1.82, 2.24) is 24.6 Å². The average molecular weight is 449 g/mol. The zero-order valence-corrected chi connectivity index (χ0v) is 18.0. The number of amides is 1. The van der Waals surface area contributed by atoms with Crippen LogP contribution in [0.5, 0.6) is 5.75 Å². The number of carbonyl (C=O) groups is 1. The zero-order valence-electron chi connectivity index (χ0n) is 18.0. The number of nitrogens with zero attached hydrogens (tertiary/aromatic N) is 4. The summed E-state index contributed by atoms with van der Waals surface area (Å²) < 4.78 is 26.6. The Bertz CT molecular complexity index is 1250. The summed E-state index contributed by atoms with van der Waals surface area (Å²) >= 11 is 0. The first-order valence-electron chi connectivity index (χ1n) is 10.9. The largest absolute Gasteiger partial charge is 0.493 e. The van der Waals surface area contributed by atoms with E-state index in [4.69, 9.17) is 9.47 Å². The predicted octanol–water partition coefficient (Wildman–Crippen LogP) is 3.12. The number of para-hydroxylation sites is 2. The minimum atomic E-state index is -0.328. The summed E-state index contributed by atoms with van der Waals surface area (Å²) in [5, 5.41) is 7.37. The third-order valence-corrected chi connectivity index (χ3v) is 5.67. The fourth-order valence-electron chi connectivity index (χ4n) is 3.94. The maximum absolute atomic E-state index is 13.2. The number of imidazole rings is 1. The molecule has 1 atom stereocenters. The predicted molar refractivity (Wildman–Crippen MR) is 119 cm³/mol. The van der Waals surface area contributed by atoms with Crippen molar-refractivity contribution in [2.24, 2.45) is 0 Å². The molecule has 2 aromatic carbocycles. The van der Waals surface area contributed by atoms with E-state index in [1.54, 1.807) is 18.5 Å². The van der Waals surface area contributed by atoms with Gasteiger partial charge in [0.15, 0.2) is 0 Å². The molecule has 0 saturated carbocycles. The van der Waals surface area contributed by atoms with Crippen LogP contribution in [0, 0.1) is 5.82 Å². The Balaban J connectivity index is 1.17. The van der Waals surface area contributed by atoms with Crippen LogP contribution in [0.2, 0.25) is 0 Å². The highest BCUT2D eigenvalue weighted by atomic mass is 19.1. The van der Waals surface area contributed by atoms with Gasteiger partial charge in [-0.15, -0.1) is 0 Å². The van der Waals surface area contributed by atoms with Gasteiger partial charge in [-0.25, -0.2) is 9.37 Å². The van der Waals surface area contributed by atoms with Crippen LogP contribution < -0.4 is 4.74 Å². The van der Waals surface area contributed by atoms with Crippen molar-refractivity contribution in [2.45, 2.75) is 19.1 Å². The van der Waals surface area contributed by atoms with E-state index in [2.05, 4.69) is 15.2 Å². The van der Waals surface area contributed by atoms with Gasteiger partial charge in [0.05, 0.1) is 42.8 Å².